The minimum absolute atomic E-state index is 0.685. The molecule has 1 aliphatic carbocycles. The van der Waals surface area contributed by atoms with E-state index in [0.29, 0.717) is 6.04 Å². The predicted molar refractivity (Wildman–Crippen MR) is 105 cm³/mol. The van der Waals surface area contributed by atoms with Gasteiger partial charge in [0.15, 0.2) is 0 Å². The van der Waals surface area contributed by atoms with Gasteiger partial charge in [-0.15, -0.1) is 0 Å². The van der Waals surface area contributed by atoms with E-state index in [-0.39, 0.29) is 0 Å². The van der Waals surface area contributed by atoms with E-state index in [1.165, 1.54) is 62.9 Å². The van der Waals surface area contributed by atoms with Gasteiger partial charge in [-0.05, 0) is 52.0 Å². The summed E-state index contributed by atoms with van der Waals surface area (Å²) in [5.41, 5.74) is 4.66. The Balaban J connectivity index is 1.59. The summed E-state index contributed by atoms with van der Waals surface area (Å²) in [7, 11) is 6.68. The van der Waals surface area contributed by atoms with Crippen LogP contribution in [0.25, 0.3) is 10.9 Å². The lowest BCUT2D eigenvalue weighted by atomic mass is 9.91. The van der Waals surface area contributed by atoms with Crippen LogP contribution in [0, 0.1) is 0 Å². The number of likely N-dealkylation sites (N-methyl/N-ethyl adjacent to an activating group) is 2. The van der Waals surface area contributed by atoms with Crippen LogP contribution in [0.1, 0.15) is 17.7 Å². The molecule has 0 saturated carbocycles. The molecule has 2 aliphatic rings. The van der Waals surface area contributed by atoms with E-state index < -0.39 is 0 Å². The van der Waals surface area contributed by atoms with Crippen molar-refractivity contribution < 1.29 is 0 Å². The van der Waals surface area contributed by atoms with Gasteiger partial charge in [0.2, 0.25) is 0 Å². The van der Waals surface area contributed by atoms with E-state index in [1.807, 2.05) is 0 Å². The van der Waals surface area contributed by atoms with Gasteiger partial charge >= 0.3 is 0 Å². The molecule has 1 saturated heterocycles. The summed E-state index contributed by atoms with van der Waals surface area (Å²) < 4.78 is 2.63. The van der Waals surface area contributed by atoms with E-state index >= 15 is 0 Å². The number of rotatable bonds is 4. The average molecular weight is 341 g/mol. The van der Waals surface area contributed by atoms with Crippen LogP contribution in [-0.4, -0.2) is 79.2 Å². The van der Waals surface area contributed by atoms with Crippen LogP contribution in [0.3, 0.4) is 0 Å². The highest BCUT2D eigenvalue weighted by Crippen LogP contribution is 2.33. The summed E-state index contributed by atoms with van der Waals surface area (Å²) in [4.78, 5) is 7.47. The number of hydrogen-bond acceptors (Lipinski definition) is 3. The van der Waals surface area contributed by atoms with Crippen molar-refractivity contribution in [3.63, 3.8) is 0 Å². The molecule has 4 heteroatoms. The molecule has 2 heterocycles. The zero-order chi connectivity index (χ0) is 17.4. The van der Waals surface area contributed by atoms with E-state index in [4.69, 9.17) is 0 Å². The first-order chi connectivity index (χ1) is 12.1. The summed E-state index contributed by atoms with van der Waals surface area (Å²) in [5.74, 6) is 0. The zero-order valence-electron chi connectivity index (χ0n) is 16.0. The first-order valence-corrected chi connectivity index (χ1v) is 9.80. The molecular weight excluding hydrogens is 308 g/mol. The third kappa shape index (κ3) is 3.35. The molecule has 0 N–H and O–H groups in total. The fourth-order valence-corrected chi connectivity index (χ4v) is 4.59. The highest BCUT2D eigenvalue weighted by atomic mass is 15.3. The van der Waals surface area contributed by atoms with Gasteiger partial charge in [-0.2, -0.15) is 0 Å². The molecule has 0 amide bonds. The fourth-order valence-electron chi connectivity index (χ4n) is 4.59. The first-order valence-electron chi connectivity index (χ1n) is 9.80. The number of aromatic nitrogens is 1. The number of hydrogen-bond donors (Lipinski definition) is 0. The van der Waals surface area contributed by atoms with E-state index in [0.717, 1.165) is 6.54 Å². The van der Waals surface area contributed by atoms with Crippen molar-refractivity contribution in [2.45, 2.75) is 31.8 Å². The maximum atomic E-state index is 2.63. The van der Waals surface area contributed by atoms with Crippen molar-refractivity contribution >= 4 is 10.9 Å². The van der Waals surface area contributed by atoms with Crippen molar-refractivity contribution in [2.24, 2.45) is 0 Å². The molecule has 1 fully saturated rings. The Morgan fingerprint density at radius 3 is 2.56 bits per heavy atom. The van der Waals surface area contributed by atoms with Gasteiger partial charge in [0.1, 0.15) is 0 Å². The Labute approximate surface area is 152 Å². The quantitative estimate of drug-likeness (QED) is 0.849. The third-order valence-corrected chi connectivity index (χ3v) is 6.31. The van der Waals surface area contributed by atoms with Crippen LogP contribution >= 0.6 is 0 Å². The molecule has 2 aromatic rings. The summed E-state index contributed by atoms with van der Waals surface area (Å²) in [5, 5.41) is 1.49. The Hall–Kier alpha value is -1.36. The summed E-state index contributed by atoms with van der Waals surface area (Å²) in [6.45, 7) is 7.13. The molecule has 1 unspecified atom stereocenters. The first kappa shape index (κ1) is 17.1. The van der Waals surface area contributed by atoms with Gasteiger partial charge in [0.05, 0.1) is 0 Å². The lowest BCUT2D eigenvalue weighted by Gasteiger charge is -2.33. The zero-order valence-corrected chi connectivity index (χ0v) is 16.0. The molecule has 1 aromatic carbocycles. The van der Waals surface area contributed by atoms with Crippen molar-refractivity contribution in [1.82, 2.24) is 19.3 Å². The Bertz CT molecular complexity index is 725. The highest BCUT2D eigenvalue weighted by molar-refractivity contribution is 5.86. The molecule has 25 heavy (non-hydrogen) atoms. The topological polar surface area (TPSA) is 14.7 Å². The molecule has 0 spiro atoms. The maximum Gasteiger partial charge on any atom is 0.0485 e. The molecule has 136 valence electrons. The number of para-hydroxylation sites is 1. The smallest absolute Gasteiger partial charge is 0.0485 e. The molecule has 4 rings (SSSR count). The minimum Gasteiger partial charge on any atom is -0.343 e. The second kappa shape index (κ2) is 7.10. The van der Waals surface area contributed by atoms with Gasteiger partial charge in [-0.25, -0.2) is 0 Å². The van der Waals surface area contributed by atoms with Crippen molar-refractivity contribution in [3.8, 4) is 0 Å². The fraction of sp³-hybridized carbons (Fsp3) is 0.619. The molecule has 1 aliphatic heterocycles. The van der Waals surface area contributed by atoms with Gasteiger partial charge < -0.3 is 14.4 Å². The number of nitrogens with zero attached hydrogens (tertiary/aromatic N) is 4. The van der Waals surface area contributed by atoms with Crippen LogP contribution in [0.5, 0.6) is 0 Å². The number of benzene rings is 1. The third-order valence-electron chi connectivity index (χ3n) is 6.31. The van der Waals surface area contributed by atoms with E-state index in [2.05, 4.69) is 64.7 Å². The van der Waals surface area contributed by atoms with Crippen LogP contribution in [0.2, 0.25) is 0 Å². The average Bonchev–Trinajstić information content (AvgIpc) is 2.94. The Morgan fingerprint density at radius 1 is 1.04 bits per heavy atom. The predicted octanol–water partition coefficient (Wildman–Crippen LogP) is 2.31. The molecule has 1 aromatic heterocycles. The normalized spacial score (nSPS) is 22.6. The standard InChI is InChI=1S/C21H32N4/c1-22(2)17-8-9-21-19(16-17)18-6-4-5-7-20(18)25(21)15-14-24-12-10-23(3)11-13-24/h4-7,17H,8-16H2,1-3H3. The highest BCUT2D eigenvalue weighted by Gasteiger charge is 2.26. The van der Waals surface area contributed by atoms with Crippen molar-refractivity contribution in [3.05, 3.63) is 35.5 Å². The van der Waals surface area contributed by atoms with E-state index in [9.17, 15) is 0 Å². The van der Waals surface area contributed by atoms with Gasteiger partial charge in [-0.1, -0.05) is 18.2 Å². The lowest BCUT2D eigenvalue weighted by molar-refractivity contribution is 0.150. The second-order valence-corrected chi connectivity index (χ2v) is 8.10. The number of fused-ring (bicyclic) bond motifs is 3. The van der Waals surface area contributed by atoms with Crippen LogP contribution < -0.4 is 0 Å². The van der Waals surface area contributed by atoms with E-state index in [1.54, 1.807) is 11.3 Å². The number of piperazine rings is 1. The monoisotopic (exact) mass is 340 g/mol. The molecule has 1 atom stereocenters. The van der Waals surface area contributed by atoms with Crippen LogP contribution in [0.15, 0.2) is 24.3 Å². The summed E-state index contributed by atoms with van der Waals surface area (Å²) >= 11 is 0. The summed E-state index contributed by atoms with van der Waals surface area (Å²) in [6, 6.07) is 9.74. The van der Waals surface area contributed by atoms with Crippen molar-refractivity contribution in [1.29, 1.82) is 0 Å². The second-order valence-electron chi connectivity index (χ2n) is 8.10. The molecular formula is C21H32N4. The largest absolute Gasteiger partial charge is 0.343 e. The van der Waals surface area contributed by atoms with Gasteiger partial charge in [0.25, 0.3) is 0 Å². The SMILES string of the molecule is CN1CCN(CCn2c3c(c4ccccc42)CC(N(C)C)CC3)CC1. The molecule has 4 nitrogen and oxygen atoms in total. The minimum atomic E-state index is 0.685. The lowest BCUT2D eigenvalue weighted by Crippen LogP contribution is -2.45. The maximum absolute atomic E-state index is 2.63. The van der Waals surface area contributed by atoms with Crippen LogP contribution in [0.4, 0.5) is 0 Å². The summed E-state index contributed by atoms with van der Waals surface area (Å²) in [6.07, 6.45) is 3.70. The molecule has 0 radical (unpaired) electrons. The molecule has 0 bridgehead atoms. The van der Waals surface area contributed by atoms with Crippen molar-refractivity contribution in [2.75, 3.05) is 53.9 Å². The van der Waals surface area contributed by atoms with Gasteiger partial charge in [0, 0.05) is 61.9 Å². The Morgan fingerprint density at radius 2 is 1.80 bits per heavy atom. The van der Waals surface area contributed by atoms with Gasteiger partial charge in [-0.3, -0.25) is 4.90 Å². The van der Waals surface area contributed by atoms with Crippen LogP contribution in [-0.2, 0) is 19.4 Å². The Kier molecular flexibility index (Phi) is 4.85.